The van der Waals surface area contributed by atoms with Gasteiger partial charge in [0.2, 0.25) is 0 Å². The molecule has 3 rings (SSSR count). The average Bonchev–Trinajstić information content (AvgIpc) is 3.34. The molecule has 0 amide bonds. The maximum Gasteiger partial charge on any atom is 0.123 e. The fraction of sp³-hybridized carbons (Fsp3) is 0.333. The predicted molar refractivity (Wildman–Crippen MR) is 83.0 cm³/mol. The Kier molecular flexibility index (Phi) is 4.32. The molecule has 1 saturated carbocycles. The van der Waals surface area contributed by atoms with Gasteiger partial charge in [-0.05, 0) is 41.7 Å². The number of hydrogen-bond donors (Lipinski definition) is 1. The second-order valence-corrected chi connectivity index (χ2v) is 5.74. The fourth-order valence-electron chi connectivity index (χ4n) is 2.73. The van der Waals surface area contributed by atoms with E-state index in [0.717, 1.165) is 24.2 Å². The van der Waals surface area contributed by atoms with Gasteiger partial charge >= 0.3 is 0 Å². The van der Waals surface area contributed by atoms with Crippen molar-refractivity contribution < 1.29 is 4.39 Å². The molecule has 1 fully saturated rings. The van der Waals surface area contributed by atoms with Crippen LogP contribution in [0.3, 0.4) is 0 Å². The molecule has 2 nitrogen and oxygen atoms in total. The third-order valence-corrected chi connectivity index (χ3v) is 4.05. The summed E-state index contributed by atoms with van der Waals surface area (Å²) in [5.41, 5.74) is 9.13. The minimum Gasteiger partial charge on any atom is -0.326 e. The first-order chi connectivity index (χ1) is 10.3. The van der Waals surface area contributed by atoms with Crippen molar-refractivity contribution in [3.63, 3.8) is 0 Å². The zero-order valence-corrected chi connectivity index (χ0v) is 12.1. The first kappa shape index (κ1) is 14.2. The summed E-state index contributed by atoms with van der Waals surface area (Å²) < 4.78 is 13.3. The van der Waals surface area contributed by atoms with Gasteiger partial charge in [0.1, 0.15) is 5.82 Å². The van der Waals surface area contributed by atoms with Crippen molar-refractivity contribution >= 4 is 0 Å². The number of rotatable bonds is 6. The van der Waals surface area contributed by atoms with Gasteiger partial charge in [-0.3, -0.25) is 4.90 Å². The zero-order chi connectivity index (χ0) is 14.7. The minimum atomic E-state index is -0.208. The first-order valence-corrected chi connectivity index (χ1v) is 7.51. The summed E-state index contributed by atoms with van der Waals surface area (Å²) in [6, 6.07) is 16.1. The highest BCUT2D eigenvalue weighted by atomic mass is 19.1. The molecule has 21 heavy (non-hydrogen) atoms. The SMILES string of the molecule is NCc1cc(F)ccc1CN(Cc1ccccc1)C1CC1. The van der Waals surface area contributed by atoms with Crippen LogP contribution in [0.5, 0.6) is 0 Å². The molecule has 0 unspecified atom stereocenters. The summed E-state index contributed by atoms with van der Waals surface area (Å²) in [4.78, 5) is 2.47. The molecule has 110 valence electrons. The lowest BCUT2D eigenvalue weighted by atomic mass is 10.1. The van der Waals surface area contributed by atoms with Gasteiger partial charge in [-0.15, -0.1) is 0 Å². The highest BCUT2D eigenvalue weighted by Crippen LogP contribution is 2.30. The van der Waals surface area contributed by atoms with Crippen LogP contribution in [0.25, 0.3) is 0 Å². The average molecular weight is 284 g/mol. The van der Waals surface area contributed by atoms with Gasteiger partial charge in [-0.1, -0.05) is 36.4 Å². The van der Waals surface area contributed by atoms with E-state index in [1.54, 1.807) is 6.07 Å². The van der Waals surface area contributed by atoms with Gasteiger partial charge < -0.3 is 5.73 Å². The van der Waals surface area contributed by atoms with Crippen LogP contribution in [0.15, 0.2) is 48.5 Å². The van der Waals surface area contributed by atoms with Crippen molar-refractivity contribution in [2.75, 3.05) is 0 Å². The Hall–Kier alpha value is -1.71. The number of nitrogens with zero attached hydrogens (tertiary/aromatic N) is 1. The second kappa shape index (κ2) is 6.37. The molecule has 0 heterocycles. The van der Waals surface area contributed by atoms with Gasteiger partial charge in [0.25, 0.3) is 0 Å². The Morgan fingerprint density at radius 3 is 2.43 bits per heavy atom. The molecule has 0 aliphatic heterocycles. The minimum absolute atomic E-state index is 0.208. The normalized spacial score (nSPS) is 14.6. The Bertz CT molecular complexity index is 593. The smallest absolute Gasteiger partial charge is 0.123 e. The molecule has 0 saturated heterocycles. The third kappa shape index (κ3) is 3.69. The van der Waals surface area contributed by atoms with Gasteiger partial charge in [-0.25, -0.2) is 4.39 Å². The molecule has 0 radical (unpaired) electrons. The molecular formula is C18H21FN2. The topological polar surface area (TPSA) is 29.3 Å². The lowest BCUT2D eigenvalue weighted by Gasteiger charge is -2.23. The van der Waals surface area contributed by atoms with Crippen molar-refractivity contribution in [3.8, 4) is 0 Å². The van der Waals surface area contributed by atoms with Gasteiger partial charge in [0, 0.05) is 25.7 Å². The summed E-state index contributed by atoms with van der Waals surface area (Å²) in [5.74, 6) is -0.208. The Morgan fingerprint density at radius 2 is 1.76 bits per heavy atom. The molecule has 1 aliphatic carbocycles. The van der Waals surface area contributed by atoms with E-state index in [1.165, 1.54) is 24.5 Å². The maximum absolute atomic E-state index is 13.3. The molecule has 3 heteroatoms. The number of hydrogen-bond acceptors (Lipinski definition) is 2. The number of halogens is 1. The Morgan fingerprint density at radius 1 is 1.00 bits per heavy atom. The summed E-state index contributed by atoms with van der Waals surface area (Å²) in [6.07, 6.45) is 2.51. The van der Waals surface area contributed by atoms with Crippen LogP contribution in [-0.2, 0) is 19.6 Å². The van der Waals surface area contributed by atoms with Crippen molar-refractivity contribution in [1.29, 1.82) is 0 Å². The Balaban J connectivity index is 1.76. The van der Waals surface area contributed by atoms with E-state index < -0.39 is 0 Å². The molecule has 0 spiro atoms. The van der Waals surface area contributed by atoms with Gasteiger partial charge in [0.15, 0.2) is 0 Å². The lowest BCUT2D eigenvalue weighted by molar-refractivity contribution is 0.245. The van der Waals surface area contributed by atoms with Gasteiger partial charge in [0.05, 0.1) is 0 Å². The molecule has 2 aromatic rings. The van der Waals surface area contributed by atoms with Gasteiger partial charge in [-0.2, -0.15) is 0 Å². The quantitative estimate of drug-likeness (QED) is 0.880. The molecular weight excluding hydrogens is 263 g/mol. The maximum atomic E-state index is 13.3. The van der Waals surface area contributed by atoms with Crippen LogP contribution in [0, 0.1) is 5.82 Å². The van der Waals surface area contributed by atoms with E-state index in [2.05, 4.69) is 29.2 Å². The second-order valence-electron chi connectivity index (χ2n) is 5.74. The highest BCUT2D eigenvalue weighted by Gasteiger charge is 2.29. The van der Waals surface area contributed by atoms with Crippen molar-refractivity contribution in [2.24, 2.45) is 5.73 Å². The van der Waals surface area contributed by atoms with Crippen molar-refractivity contribution in [3.05, 3.63) is 71.0 Å². The zero-order valence-electron chi connectivity index (χ0n) is 12.1. The van der Waals surface area contributed by atoms with E-state index in [1.807, 2.05) is 12.1 Å². The number of nitrogens with two attached hydrogens (primary N) is 1. The van der Waals surface area contributed by atoms with E-state index in [9.17, 15) is 4.39 Å². The highest BCUT2D eigenvalue weighted by molar-refractivity contribution is 5.28. The first-order valence-electron chi connectivity index (χ1n) is 7.51. The van der Waals surface area contributed by atoms with Crippen LogP contribution < -0.4 is 5.73 Å². The number of benzene rings is 2. The van der Waals surface area contributed by atoms with Crippen LogP contribution in [-0.4, -0.2) is 10.9 Å². The Labute approximate surface area is 125 Å². The molecule has 1 aliphatic rings. The van der Waals surface area contributed by atoms with Crippen LogP contribution in [0.4, 0.5) is 4.39 Å². The molecule has 2 N–H and O–H groups in total. The summed E-state index contributed by atoms with van der Waals surface area (Å²) in [7, 11) is 0. The van der Waals surface area contributed by atoms with E-state index in [-0.39, 0.29) is 5.82 Å². The fourth-order valence-corrected chi connectivity index (χ4v) is 2.73. The third-order valence-electron chi connectivity index (χ3n) is 4.05. The summed E-state index contributed by atoms with van der Waals surface area (Å²) >= 11 is 0. The van der Waals surface area contributed by atoms with Crippen molar-refractivity contribution in [2.45, 2.75) is 38.5 Å². The largest absolute Gasteiger partial charge is 0.326 e. The van der Waals surface area contributed by atoms with Crippen molar-refractivity contribution in [1.82, 2.24) is 4.90 Å². The molecule has 0 aromatic heterocycles. The van der Waals surface area contributed by atoms with E-state index >= 15 is 0 Å². The monoisotopic (exact) mass is 284 g/mol. The van der Waals surface area contributed by atoms with Crippen LogP contribution in [0.2, 0.25) is 0 Å². The molecule has 0 atom stereocenters. The lowest BCUT2D eigenvalue weighted by Crippen LogP contribution is -2.26. The van der Waals surface area contributed by atoms with Crippen LogP contribution in [0.1, 0.15) is 29.5 Å². The van der Waals surface area contributed by atoms with Crippen LogP contribution >= 0.6 is 0 Å². The standard InChI is InChI=1S/C18H21FN2/c19-17-7-6-15(16(10-17)11-20)13-21(18-8-9-18)12-14-4-2-1-3-5-14/h1-7,10,18H,8-9,11-13,20H2. The summed E-state index contributed by atoms with van der Waals surface area (Å²) in [6.45, 7) is 2.16. The molecule has 0 bridgehead atoms. The summed E-state index contributed by atoms with van der Waals surface area (Å²) in [5, 5.41) is 0. The van der Waals surface area contributed by atoms with E-state index in [4.69, 9.17) is 5.73 Å². The van der Waals surface area contributed by atoms with E-state index in [0.29, 0.717) is 12.6 Å². The predicted octanol–water partition coefficient (Wildman–Crippen LogP) is 3.45. The molecule has 2 aromatic carbocycles.